The van der Waals surface area contributed by atoms with Crippen molar-refractivity contribution in [3.8, 4) is 16.2 Å². The molecule has 75 heavy (non-hydrogen) atoms. The fourth-order valence-electron chi connectivity index (χ4n) is 9.75. The molecule has 3 aromatic carbocycles. The maximum absolute atomic E-state index is 14.3. The van der Waals surface area contributed by atoms with Crippen LogP contribution in [0.5, 0.6) is 5.75 Å². The lowest BCUT2D eigenvalue weighted by atomic mass is 9.85. The Kier molecular flexibility index (Phi) is 17.6. The molecule has 6 N–H and O–H groups in total. The molecule has 1 saturated heterocycles. The number of hydrogen-bond acceptors (Lipinski definition) is 12. The van der Waals surface area contributed by atoms with Gasteiger partial charge in [0.1, 0.15) is 36.1 Å². The zero-order valence-electron chi connectivity index (χ0n) is 44.0. The minimum atomic E-state index is -1.01. The highest BCUT2D eigenvalue weighted by atomic mass is 32.1. The van der Waals surface area contributed by atoms with Gasteiger partial charge in [0.25, 0.3) is 0 Å². The van der Waals surface area contributed by atoms with Crippen LogP contribution in [0.3, 0.4) is 0 Å². The van der Waals surface area contributed by atoms with Gasteiger partial charge in [-0.15, -0.1) is 11.3 Å². The van der Waals surface area contributed by atoms with E-state index in [1.807, 2.05) is 83.1 Å². The number of aliphatic imine (C=N–C) groups is 1. The van der Waals surface area contributed by atoms with E-state index >= 15 is 0 Å². The number of aliphatic hydroxyl groups is 1. The van der Waals surface area contributed by atoms with Crippen LogP contribution in [0.4, 0.5) is 10.5 Å². The summed E-state index contributed by atoms with van der Waals surface area (Å²) in [5, 5.41) is 19.7. The summed E-state index contributed by atoms with van der Waals surface area (Å²) in [6, 6.07) is 16.7. The van der Waals surface area contributed by atoms with Crippen molar-refractivity contribution in [2.45, 2.75) is 149 Å². The molecule has 3 aliphatic rings. The van der Waals surface area contributed by atoms with Gasteiger partial charge < -0.3 is 41.2 Å². The van der Waals surface area contributed by atoms with Gasteiger partial charge in [0.2, 0.25) is 35.4 Å². The van der Waals surface area contributed by atoms with Crippen LogP contribution in [0.1, 0.15) is 115 Å². The summed E-state index contributed by atoms with van der Waals surface area (Å²) >= 11 is 1.56. The Morgan fingerprint density at radius 2 is 1.64 bits per heavy atom. The smallest absolute Gasteiger partial charge is 0.433 e. The molecule has 0 spiro atoms. The molecule has 7 amide bonds. The number of rotatable bonds is 18. The molecule has 0 saturated carbocycles. The topological polar surface area (TPSA) is 252 Å². The Hall–Kier alpha value is -6.99. The number of thiazole rings is 1. The number of hydrogen-bond donors (Lipinski definition) is 5. The fraction of sp³-hybridized carbons (Fsp3) is 0.482. The van der Waals surface area contributed by atoms with Gasteiger partial charge >= 0.3 is 6.09 Å². The first-order valence-electron chi connectivity index (χ1n) is 25.6. The minimum Gasteiger partial charge on any atom is -0.491 e. The molecular weight excluding hydrogens is 977 g/mol. The number of nitrogens with two attached hydrogens (primary N) is 1. The number of nitrogens with one attached hydrogen (secondary N) is 3. The van der Waals surface area contributed by atoms with Gasteiger partial charge in [-0.1, -0.05) is 75.4 Å². The first kappa shape index (κ1) is 55.8. The summed E-state index contributed by atoms with van der Waals surface area (Å²) < 4.78 is 11.5. The Balaban J connectivity index is 0.953. The zero-order valence-corrected chi connectivity index (χ0v) is 44.8. The molecule has 4 aromatic rings. The lowest BCUT2D eigenvalue weighted by molar-refractivity contribution is -0.144. The van der Waals surface area contributed by atoms with E-state index in [1.165, 1.54) is 16.0 Å². The van der Waals surface area contributed by atoms with Crippen LogP contribution in [0.2, 0.25) is 0 Å². The number of amides is 7. The highest BCUT2D eigenvalue weighted by molar-refractivity contribution is 7.13. The first-order chi connectivity index (χ1) is 35.4. The summed E-state index contributed by atoms with van der Waals surface area (Å²) in [5.41, 5.74) is 11.9. The first-order valence-corrected chi connectivity index (χ1v) is 26.4. The van der Waals surface area contributed by atoms with Crippen molar-refractivity contribution in [3.05, 3.63) is 100 Å². The lowest BCUT2D eigenvalue weighted by Crippen LogP contribution is -2.57. The van der Waals surface area contributed by atoms with Gasteiger partial charge in [-0.3, -0.25) is 33.7 Å². The molecule has 400 valence electrons. The Morgan fingerprint density at radius 1 is 0.933 bits per heavy atom. The van der Waals surface area contributed by atoms with Crippen LogP contribution in [0.25, 0.3) is 10.4 Å². The van der Waals surface area contributed by atoms with Crippen LogP contribution in [0, 0.1) is 18.3 Å². The summed E-state index contributed by atoms with van der Waals surface area (Å²) in [5.74, 6) is -2.98. The second kappa shape index (κ2) is 23.7. The molecule has 1 fully saturated rings. The number of primary amides is 1. The molecule has 18 nitrogen and oxygen atoms in total. The maximum Gasteiger partial charge on any atom is 0.433 e. The Labute approximate surface area is 442 Å². The molecule has 4 heterocycles. The molecule has 19 heteroatoms. The van der Waals surface area contributed by atoms with E-state index in [0.717, 1.165) is 38.4 Å². The molecule has 1 unspecified atom stereocenters. The maximum atomic E-state index is 14.3. The number of aryl methyl sites for hydroxylation is 3. The predicted molar refractivity (Wildman–Crippen MR) is 285 cm³/mol. The molecule has 7 rings (SSSR count). The highest BCUT2D eigenvalue weighted by Crippen LogP contribution is 2.40. The van der Waals surface area contributed by atoms with E-state index in [0.29, 0.717) is 24.3 Å². The quantitative estimate of drug-likeness (QED) is 0.0715. The lowest BCUT2D eigenvalue weighted by Gasteiger charge is -2.35. The number of β-amino-alcohol motifs (C(OH)–C–C–N with tert-alkyl or cyclic N) is 1. The van der Waals surface area contributed by atoms with Crippen molar-refractivity contribution in [1.82, 2.24) is 25.8 Å². The SMILES string of the molecule is Cc1ncsc1-c1ccc([C@H](C)NC(=O)[C@@H]2C[C@@H](O)CN2C(=O)[C@@H](NC(=O)CCc2cccc(OC[C@H](CCC(N)=O)NC(=O)[C@@H]3Cc4cccc5c4N3C(=O)C(C=NC(=O)OC(C)(C)C)CC5)c2)C(C)(C)C)cc1. The van der Waals surface area contributed by atoms with Crippen LogP contribution in [0.15, 0.2) is 77.2 Å². The number of benzene rings is 3. The standard InChI is InChI=1S/C56H70N8O10S/c1-32(35-16-19-37(20-17-35)48-33(2)59-31-75-48)60-50(68)43-27-41(65)29-63(43)53(71)49(55(3,4)5)62-46(67)24-15-34-11-9-14-42(25-34)73-30-40(22-23-45(57)66)61-51(69)44-26-38-13-10-12-36-18-21-39(52(70)64(44)47(36)38)28-58-54(72)74-56(6,7)8/h9-14,16-17,19-20,25,28,31-32,39-41,43-44,49,65H,15,18,21-24,26-27,29-30H2,1-8H3,(H2,57,66)(H,60,68)(H,61,69)(H,62,67)/t32-,39?,40-,41+,43-,44-,49+/m0/s1. The van der Waals surface area contributed by atoms with Gasteiger partial charge in [-0.2, -0.15) is 4.99 Å². The van der Waals surface area contributed by atoms with Crippen molar-refractivity contribution >= 4 is 64.8 Å². The predicted octanol–water partition coefficient (Wildman–Crippen LogP) is 6.08. The van der Waals surface area contributed by atoms with Crippen molar-refractivity contribution < 1.29 is 48.1 Å². The number of anilines is 1. The van der Waals surface area contributed by atoms with Gasteiger partial charge in [0.05, 0.1) is 45.9 Å². The van der Waals surface area contributed by atoms with Crippen molar-refractivity contribution in [3.63, 3.8) is 0 Å². The summed E-state index contributed by atoms with van der Waals surface area (Å²) in [7, 11) is 0. The normalized spacial score (nSPS) is 19.7. The minimum absolute atomic E-state index is 0.0143. The summed E-state index contributed by atoms with van der Waals surface area (Å²) in [4.78, 5) is 107. The third-order valence-electron chi connectivity index (χ3n) is 13.6. The number of carbonyl (C=O) groups is 7. The fourth-order valence-corrected chi connectivity index (χ4v) is 10.6. The Bertz CT molecular complexity index is 2800. The molecule has 1 aromatic heterocycles. The number of para-hydroxylation sites is 1. The molecule has 7 atom stereocenters. The average Bonchev–Trinajstić information content (AvgIpc) is 4.06. The van der Waals surface area contributed by atoms with E-state index in [2.05, 4.69) is 25.9 Å². The number of nitrogens with zero attached hydrogens (tertiary/aromatic N) is 4. The number of carbonyl (C=O) groups excluding carboxylic acids is 7. The number of aromatic nitrogens is 1. The van der Waals surface area contributed by atoms with Crippen LogP contribution >= 0.6 is 11.3 Å². The van der Waals surface area contributed by atoms with Crippen LogP contribution < -0.4 is 31.3 Å². The molecule has 0 bridgehead atoms. The second-order valence-corrected chi connectivity index (χ2v) is 22.7. The summed E-state index contributed by atoms with van der Waals surface area (Å²) in [6.45, 7) is 14.4. The average molecular weight is 1050 g/mol. The monoisotopic (exact) mass is 1050 g/mol. The molecule has 3 aliphatic heterocycles. The van der Waals surface area contributed by atoms with Gasteiger partial charge in [0.15, 0.2) is 0 Å². The third-order valence-corrected chi connectivity index (χ3v) is 14.6. The number of ether oxygens (including phenoxy) is 2. The molecule has 0 radical (unpaired) electrons. The third kappa shape index (κ3) is 14.2. The molecule has 0 aliphatic carbocycles. The van der Waals surface area contributed by atoms with Crippen molar-refractivity contribution in [2.75, 3.05) is 18.1 Å². The number of aliphatic hydroxyl groups excluding tert-OH is 1. The van der Waals surface area contributed by atoms with Crippen LogP contribution in [-0.2, 0) is 52.8 Å². The highest BCUT2D eigenvalue weighted by Gasteiger charge is 2.46. The van der Waals surface area contributed by atoms with Crippen molar-refractivity contribution in [2.24, 2.45) is 22.1 Å². The van der Waals surface area contributed by atoms with Gasteiger partial charge in [-0.05, 0) is 106 Å². The van der Waals surface area contributed by atoms with E-state index in [9.17, 15) is 38.7 Å². The zero-order chi connectivity index (χ0) is 54.4. The second-order valence-electron chi connectivity index (χ2n) is 21.8. The summed E-state index contributed by atoms with van der Waals surface area (Å²) in [6.07, 6.45) is 1.19. The van der Waals surface area contributed by atoms with E-state index < -0.39 is 76.9 Å². The number of likely N-dealkylation sites (tertiary alicyclic amines) is 1. The van der Waals surface area contributed by atoms with E-state index in [1.54, 1.807) is 55.8 Å². The van der Waals surface area contributed by atoms with Crippen LogP contribution in [-0.4, -0.2) is 112 Å². The van der Waals surface area contributed by atoms with E-state index in [-0.39, 0.29) is 69.5 Å². The van der Waals surface area contributed by atoms with E-state index in [4.69, 9.17) is 15.2 Å². The Morgan fingerprint density at radius 3 is 2.32 bits per heavy atom. The molecular formula is C56H70N8O10S. The van der Waals surface area contributed by atoms with Gasteiger partial charge in [-0.25, -0.2) is 9.78 Å². The van der Waals surface area contributed by atoms with Gasteiger partial charge in [0, 0.05) is 38.4 Å². The van der Waals surface area contributed by atoms with Crippen molar-refractivity contribution in [1.29, 1.82) is 0 Å². The largest absolute Gasteiger partial charge is 0.491 e.